The van der Waals surface area contributed by atoms with Gasteiger partial charge in [-0.15, -0.1) is 0 Å². The van der Waals surface area contributed by atoms with Crippen LogP contribution in [0.25, 0.3) is 32.7 Å². The monoisotopic (exact) mass is 290 g/mol. The van der Waals surface area contributed by atoms with E-state index >= 15 is 0 Å². The van der Waals surface area contributed by atoms with Crippen LogP contribution in [0.2, 0.25) is 0 Å². The minimum absolute atomic E-state index is 0.328. The van der Waals surface area contributed by atoms with Crippen LogP contribution < -0.4 is 0 Å². The van der Waals surface area contributed by atoms with Crippen molar-refractivity contribution in [1.29, 1.82) is 0 Å². The van der Waals surface area contributed by atoms with E-state index < -0.39 is 5.97 Å². The van der Waals surface area contributed by atoms with Gasteiger partial charge in [0.2, 0.25) is 0 Å². The molecule has 0 aliphatic heterocycles. The molecule has 0 amide bonds. The number of hydrogen-bond donors (Lipinski definition) is 1. The van der Waals surface area contributed by atoms with E-state index in [0.29, 0.717) is 12.3 Å². The molecule has 22 heavy (non-hydrogen) atoms. The number of nitrogens with zero attached hydrogens (tertiary/aromatic N) is 1. The first kappa shape index (κ1) is 12.8. The third-order valence-corrected chi connectivity index (χ3v) is 3.82. The summed E-state index contributed by atoms with van der Waals surface area (Å²) in [7, 11) is 0. The Morgan fingerprint density at radius 3 is 2.64 bits per heavy atom. The van der Waals surface area contributed by atoms with Crippen molar-refractivity contribution in [1.82, 2.24) is 9.97 Å². The van der Waals surface area contributed by atoms with Crippen molar-refractivity contribution < 1.29 is 9.53 Å². The number of rotatable bonds is 2. The molecule has 0 saturated heterocycles. The molecule has 0 aliphatic rings. The number of fused-ring (bicyclic) bond motifs is 5. The second kappa shape index (κ2) is 4.84. The van der Waals surface area contributed by atoms with Crippen molar-refractivity contribution in [3.8, 4) is 0 Å². The molecule has 2 heterocycles. The molecule has 0 unspecified atom stereocenters. The molecule has 0 fully saturated rings. The Kier molecular flexibility index (Phi) is 2.82. The van der Waals surface area contributed by atoms with E-state index in [-0.39, 0.29) is 0 Å². The van der Waals surface area contributed by atoms with Gasteiger partial charge in [0.05, 0.1) is 17.6 Å². The molecular weight excluding hydrogens is 276 g/mol. The minimum Gasteiger partial charge on any atom is -0.461 e. The number of H-pyrrole nitrogens is 1. The number of aromatic amines is 1. The van der Waals surface area contributed by atoms with Crippen LogP contribution in [-0.2, 0) is 4.74 Å². The van der Waals surface area contributed by atoms with Gasteiger partial charge < -0.3 is 9.72 Å². The molecule has 108 valence electrons. The smallest absolute Gasteiger partial charge is 0.359 e. The van der Waals surface area contributed by atoms with Gasteiger partial charge >= 0.3 is 5.97 Å². The highest BCUT2D eigenvalue weighted by molar-refractivity contribution is 6.22. The number of carbonyl (C=O) groups is 1. The summed E-state index contributed by atoms with van der Waals surface area (Å²) in [6, 6.07) is 15.9. The van der Waals surface area contributed by atoms with Crippen LogP contribution >= 0.6 is 0 Å². The third-order valence-electron chi connectivity index (χ3n) is 3.82. The summed E-state index contributed by atoms with van der Waals surface area (Å²) in [4.78, 5) is 20.1. The minimum atomic E-state index is -0.398. The molecular formula is C18H14N2O2. The average molecular weight is 290 g/mol. The summed E-state index contributed by atoms with van der Waals surface area (Å²) < 4.78 is 5.16. The third kappa shape index (κ3) is 1.77. The number of esters is 1. The molecule has 2 aromatic carbocycles. The zero-order chi connectivity index (χ0) is 15.1. The Morgan fingerprint density at radius 1 is 1.09 bits per heavy atom. The fourth-order valence-corrected chi connectivity index (χ4v) is 2.91. The van der Waals surface area contributed by atoms with Gasteiger partial charge in [-0.25, -0.2) is 9.78 Å². The summed E-state index contributed by atoms with van der Waals surface area (Å²) in [6.07, 6.45) is 0. The van der Waals surface area contributed by atoms with E-state index in [1.54, 1.807) is 6.92 Å². The van der Waals surface area contributed by atoms with E-state index in [0.717, 1.165) is 32.7 Å². The number of ether oxygens (including phenoxy) is 1. The first-order valence-electron chi connectivity index (χ1n) is 7.26. The first-order valence-corrected chi connectivity index (χ1v) is 7.26. The molecule has 4 nitrogen and oxygen atoms in total. The second-order valence-electron chi connectivity index (χ2n) is 5.12. The van der Waals surface area contributed by atoms with Crippen molar-refractivity contribution in [2.45, 2.75) is 6.92 Å². The molecule has 4 heteroatoms. The molecule has 1 N–H and O–H groups in total. The Morgan fingerprint density at radius 2 is 1.82 bits per heavy atom. The van der Waals surface area contributed by atoms with Crippen LogP contribution in [-0.4, -0.2) is 22.5 Å². The van der Waals surface area contributed by atoms with Crippen molar-refractivity contribution in [2.24, 2.45) is 0 Å². The van der Waals surface area contributed by atoms with Gasteiger partial charge in [-0.2, -0.15) is 0 Å². The van der Waals surface area contributed by atoms with Gasteiger partial charge in [0.15, 0.2) is 5.69 Å². The molecule has 2 aromatic heterocycles. The molecule has 4 rings (SSSR count). The maximum Gasteiger partial charge on any atom is 0.359 e. The summed E-state index contributed by atoms with van der Waals surface area (Å²) in [5.74, 6) is -0.398. The Hall–Kier alpha value is -2.88. The van der Waals surface area contributed by atoms with Crippen molar-refractivity contribution in [2.75, 3.05) is 6.61 Å². The highest BCUT2D eigenvalue weighted by Crippen LogP contribution is 2.33. The lowest BCUT2D eigenvalue weighted by molar-refractivity contribution is 0.0522. The fraction of sp³-hybridized carbons (Fsp3) is 0.111. The quantitative estimate of drug-likeness (QED) is 0.567. The highest BCUT2D eigenvalue weighted by atomic mass is 16.5. The average Bonchev–Trinajstić information content (AvgIpc) is 2.94. The standard InChI is InChI=1S/C18H14N2O2/c1-2-22-18(21)17-16-15(11-7-3-5-9-13(11)19-16)12-8-4-6-10-14(12)20-17/h3-10,19H,2H2,1H3. The van der Waals surface area contributed by atoms with E-state index in [1.165, 1.54) is 0 Å². The molecule has 0 spiro atoms. The summed E-state index contributed by atoms with van der Waals surface area (Å²) in [6.45, 7) is 2.12. The molecule has 0 bridgehead atoms. The largest absolute Gasteiger partial charge is 0.461 e. The van der Waals surface area contributed by atoms with Crippen LogP contribution in [0.4, 0.5) is 0 Å². The number of benzene rings is 2. The lowest BCUT2D eigenvalue weighted by Crippen LogP contribution is -2.08. The topological polar surface area (TPSA) is 55.0 Å². The van der Waals surface area contributed by atoms with Gasteiger partial charge in [-0.1, -0.05) is 36.4 Å². The van der Waals surface area contributed by atoms with Gasteiger partial charge in [0.1, 0.15) is 0 Å². The van der Waals surface area contributed by atoms with Crippen molar-refractivity contribution in [3.05, 3.63) is 54.2 Å². The zero-order valence-electron chi connectivity index (χ0n) is 12.1. The van der Waals surface area contributed by atoms with Gasteiger partial charge in [-0.05, 0) is 19.1 Å². The Bertz CT molecular complexity index is 1020. The fourth-order valence-electron chi connectivity index (χ4n) is 2.91. The number of pyridine rings is 1. The van der Waals surface area contributed by atoms with Crippen molar-refractivity contribution in [3.63, 3.8) is 0 Å². The van der Waals surface area contributed by atoms with Crippen LogP contribution in [0.15, 0.2) is 48.5 Å². The van der Waals surface area contributed by atoms with E-state index in [1.807, 2.05) is 42.5 Å². The zero-order valence-corrected chi connectivity index (χ0v) is 12.1. The normalized spacial score (nSPS) is 11.3. The Labute approximate surface area is 126 Å². The van der Waals surface area contributed by atoms with Crippen LogP contribution in [0.3, 0.4) is 0 Å². The first-order chi connectivity index (χ1) is 10.8. The summed E-state index contributed by atoms with van der Waals surface area (Å²) in [5.41, 5.74) is 2.86. The SMILES string of the molecule is CCOC(=O)c1nc2ccccc2c2c1[nH]c1ccccc12. The van der Waals surface area contributed by atoms with E-state index in [4.69, 9.17) is 4.74 Å². The van der Waals surface area contributed by atoms with Gasteiger partial charge in [0, 0.05) is 21.7 Å². The predicted octanol–water partition coefficient (Wildman–Crippen LogP) is 4.05. The number of hydrogen-bond acceptors (Lipinski definition) is 3. The van der Waals surface area contributed by atoms with Crippen molar-refractivity contribution >= 4 is 38.7 Å². The number of nitrogens with one attached hydrogen (secondary N) is 1. The molecule has 0 saturated carbocycles. The Balaban J connectivity index is 2.21. The van der Waals surface area contributed by atoms with E-state index in [9.17, 15) is 4.79 Å². The van der Waals surface area contributed by atoms with E-state index in [2.05, 4.69) is 16.0 Å². The highest BCUT2D eigenvalue weighted by Gasteiger charge is 2.19. The lowest BCUT2D eigenvalue weighted by Gasteiger charge is -2.06. The predicted molar refractivity (Wildman–Crippen MR) is 87.1 cm³/mol. The molecule has 0 atom stereocenters. The summed E-state index contributed by atoms with van der Waals surface area (Å²) >= 11 is 0. The maximum atomic E-state index is 12.3. The number of para-hydroxylation sites is 2. The molecule has 4 aromatic rings. The molecule has 0 aliphatic carbocycles. The van der Waals surface area contributed by atoms with Crippen LogP contribution in [0, 0.1) is 0 Å². The second-order valence-corrected chi connectivity index (χ2v) is 5.12. The summed E-state index contributed by atoms with van der Waals surface area (Å²) in [5, 5.41) is 3.13. The number of carbonyl (C=O) groups excluding carboxylic acids is 1. The van der Waals surface area contributed by atoms with Crippen LogP contribution in [0.5, 0.6) is 0 Å². The maximum absolute atomic E-state index is 12.3. The lowest BCUT2D eigenvalue weighted by atomic mass is 10.1. The number of aromatic nitrogens is 2. The van der Waals surface area contributed by atoms with Gasteiger partial charge in [0.25, 0.3) is 0 Å². The molecule has 0 radical (unpaired) electrons. The van der Waals surface area contributed by atoms with Gasteiger partial charge in [-0.3, -0.25) is 0 Å². The van der Waals surface area contributed by atoms with Crippen LogP contribution in [0.1, 0.15) is 17.4 Å².